The number of hydrogen-bond acceptors (Lipinski definition) is 6. The van der Waals surface area contributed by atoms with E-state index >= 15 is 0 Å². The summed E-state index contributed by atoms with van der Waals surface area (Å²) in [6.45, 7) is 4.61. The van der Waals surface area contributed by atoms with Crippen LogP contribution in [0, 0.1) is 0 Å². The number of rotatable bonds is 6. The fourth-order valence-corrected chi connectivity index (χ4v) is 2.70. The van der Waals surface area contributed by atoms with Gasteiger partial charge < -0.3 is 14.5 Å². The van der Waals surface area contributed by atoms with Crippen LogP contribution in [-0.4, -0.2) is 24.5 Å². The smallest absolute Gasteiger partial charge is 0.287 e. The Hall–Kier alpha value is -2.15. The van der Waals surface area contributed by atoms with Gasteiger partial charge in [-0.15, -0.1) is 11.3 Å². The van der Waals surface area contributed by atoms with E-state index in [0.717, 1.165) is 23.0 Å². The van der Waals surface area contributed by atoms with Gasteiger partial charge in [-0.25, -0.2) is 4.98 Å². The molecule has 0 aliphatic heterocycles. The molecule has 0 unspecified atom stereocenters. The van der Waals surface area contributed by atoms with E-state index in [1.54, 1.807) is 11.3 Å². The molecule has 0 saturated carbocycles. The van der Waals surface area contributed by atoms with Gasteiger partial charge in [-0.3, -0.25) is 9.59 Å². The average molecular weight is 322 g/mol. The van der Waals surface area contributed by atoms with E-state index in [2.05, 4.69) is 24.1 Å². The molecular formula is C15H18N2O4S. The summed E-state index contributed by atoms with van der Waals surface area (Å²) in [5.41, 5.74) is 0.674. The van der Waals surface area contributed by atoms with Gasteiger partial charge in [-0.1, -0.05) is 13.8 Å². The van der Waals surface area contributed by atoms with Crippen LogP contribution in [0.4, 0.5) is 0 Å². The molecule has 7 heteroatoms. The summed E-state index contributed by atoms with van der Waals surface area (Å²) in [5, 5.41) is 5.71. The lowest BCUT2D eigenvalue weighted by atomic mass is 10.2. The summed E-state index contributed by atoms with van der Waals surface area (Å²) in [6, 6.07) is 1.12. The van der Waals surface area contributed by atoms with E-state index in [1.807, 2.05) is 5.38 Å². The Balaban J connectivity index is 1.89. The average Bonchev–Trinajstić information content (AvgIpc) is 2.96. The number of methoxy groups -OCH3 is 1. The number of hydrogen-bond donors (Lipinski definition) is 1. The number of carbonyl (C=O) groups excluding carboxylic acids is 1. The summed E-state index contributed by atoms with van der Waals surface area (Å²) in [4.78, 5) is 28.0. The molecule has 2 rings (SSSR count). The Morgan fingerprint density at radius 2 is 2.27 bits per heavy atom. The van der Waals surface area contributed by atoms with Crippen molar-refractivity contribution in [2.24, 2.45) is 0 Å². The molecule has 0 bridgehead atoms. The minimum absolute atomic E-state index is 0.0344. The molecule has 0 fully saturated rings. The topological polar surface area (TPSA) is 81.4 Å². The first-order valence-electron chi connectivity index (χ1n) is 6.90. The number of aromatic nitrogens is 1. The van der Waals surface area contributed by atoms with Crippen LogP contribution in [0.2, 0.25) is 0 Å². The van der Waals surface area contributed by atoms with E-state index in [9.17, 15) is 9.59 Å². The fourth-order valence-electron chi connectivity index (χ4n) is 1.74. The molecule has 0 saturated heterocycles. The molecular weight excluding hydrogens is 304 g/mol. The monoisotopic (exact) mass is 322 g/mol. The zero-order valence-electron chi connectivity index (χ0n) is 12.7. The van der Waals surface area contributed by atoms with Crippen molar-refractivity contribution >= 4 is 17.2 Å². The molecule has 0 spiro atoms. The van der Waals surface area contributed by atoms with E-state index in [0.29, 0.717) is 18.9 Å². The second kappa shape index (κ2) is 7.22. The SMILES string of the molecule is COc1coc(C(=O)NCCc2nc(C(C)C)cs2)cc1=O. The number of thiazole rings is 1. The molecule has 0 radical (unpaired) electrons. The predicted molar refractivity (Wildman–Crippen MR) is 83.8 cm³/mol. The Kier molecular flexibility index (Phi) is 5.32. The molecule has 2 heterocycles. The summed E-state index contributed by atoms with van der Waals surface area (Å²) < 4.78 is 9.88. The van der Waals surface area contributed by atoms with Gasteiger partial charge in [0.2, 0.25) is 11.2 Å². The lowest BCUT2D eigenvalue weighted by molar-refractivity contribution is 0.0923. The Labute approximate surface area is 132 Å². The summed E-state index contributed by atoms with van der Waals surface area (Å²) in [5.74, 6) is 0.00177. The van der Waals surface area contributed by atoms with Crippen molar-refractivity contribution < 1.29 is 13.9 Å². The van der Waals surface area contributed by atoms with E-state index in [4.69, 9.17) is 9.15 Å². The van der Waals surface area contributed by atoms with Crippen molar-refractivity contribution in [3.8, 4) is 5.75 Å². The molecule has 2 aromatic heterocycles. The van der Waals surface area contributed by atoms with Gasteiger partial charge in [0.05, 0.1) is 17.8 Å². The second-order valence-electron chi connectivity index (χ2n) is 5.00. The molecule has 0 aromatic carbocycles. The summed E-state index contributed by atoms with van der Waals surface area (Å²) in [6.07, 6.45) is 1.77. The van der Waals surface area contributed by atoms with Gasteiger partial charge >= 0.3 is 0 Å². The third-order valence-corrected chi connectivity index (χ3v) is 3.95. The van der Waals surface area contributed by atoms with Gasteiger partial charge in [0, 0.05) is 24.4 Å². The van der Waals surface area contributed by atoms with Crippen LogP contribution in [-0.2, 0) is 6.42 Å². The summed E-state index contributed by atoms with van der Waals surface area (Å²) >= 11 is 1.58. The lowest BCUT2D eigenvalue weighted by Gasteiger charge is -2.04. The number of nitrogens with one attached hydrogen (secondary N) is 1. The zero-order chi connectivity index (χ0) is 16.1. The molecule has 118 valence electrons. The van der Waals surface area contributed by atoms with Crippen LogP contribution >= 0.6 is 11.3 Å². The van der Waals surface area contributed by atoms with Crippen molar-refractivity contribution in [2.75, 3.05) is 13.7 Å². The van der Waals surface area contributed by atoms with Crippen molar-refractivity contribution in [3.63, 3.8) is 0 Å². The molecule has 22 heavy (non-hydrogen) atoms. The van der Waals surface area contributed by atoms with Gasteiger partial charge in [0.15, 0.2) is 5.76 Å². The van der Waals surface area contributed by atoms with E-state index in [1.165, 1.54) is 7.11 Å². The van der Waals surface area contributed by atoms with Gasteiger partial charge in [0.1, 0.15) is 6.26 Å². The number of amides is 1. The van der Waals surface area contributed by atoms with Crippen LogP contribution in [0.5, 0.6) is 5.75 Å². The van der Waals surface area contributed by atoms with Crippen molar-refractivity contribution in [3.05, 3.63) is 44.4 Å². The normalized spacial score (nSPS) is 10.7. The highest BCUT2D eigenvalue weighted by Crippen LogP contribution is 2.17. The number of carbonyl (C=O) groups is 1. The fraction of sp³-hybridized carbons (Fsp3) is 0.400. The maximum atomic E-state index is 11.9. The quantitative estimate of drug-likeness (QED) is 0.882. The molecule has 1 amide bonds. The van der Waals surface area contributed by atoms with Gasteiger partial charge in [-0.2, -0.15) is 0 Å². The number of ether oxygens (including phenoxy) is 1. The Bertz CT molecular complexity index is 706. The van der Waals surface area contributed by atoms with Crippen molar-refractivity contribution in [1.29, 1.82) is 0 Å². The largest absolute Gasteiger partial charge is 0.490 e. The molecule has 0 aliphatic carbocycles. The predicted octanol–water partition coefficient (Wildman–Crippen LogP) is 2.20. The highest BCUT2D eigenvalue weighted by atomic mass is 32.1. The highest BCUT2D eigenvalue weighted by molar-refractivity contribution is 7.09. The molecule has 1 N–H and O–H groups in total. The number of nitrogens with zero attached hydrogens (tertiary/aromatic N) is 1. The standard InChI is InChI=1S/C15H18N2O4S/c1-9(2)10-8-22-14(17-10)4-5-16-15(19)12-6-11(18)13(20-3)7-21-12/h6-9H,4-5H2,1-3H3,(H,16,19). The van der Waals surface area contributed by atoms with E-state index < -0.39 is 5.91 Å². The van der Waals surface area contributed by atoms with E-state index in [-0.39, 0.29) is 16.9 Å². The van der Waals surface area contributed by atoms with Gasteiger partial charge in [-0.05, 0) is 5.92 Å². The van der Waals surface area contributed by atoms with Crippen LogP contribution in [0.15, 0.2) is 26.9 Å². The van der Waals surface area contributed by atoms with Crippen molar-refractivity contribution in [1.82, 2.24) is 10.3 Å². The third kappa shape index (κ3) is 3.94. The van der Waals surface area contributed by atoms with Crippen molar-refractivity contribution in [2.45, 2.75) is 26.2 Å². The van der Waals surface area contributed by atoms with Gasteiger partial charge in [0.25, 0.3) is 5.91 Å². The van der Waals surface area contributed by atoms with Crippen LogP contribution in [0.1, 0.15) is 41.0 Å². The first kappa shape index (κ1) is 16.2. The molecule has 6 nitrogen and oxygen atoms in total. The zero-order valence-corrected chi connectivity index (χ0v) is 13.5. The Morgan fingerprint density at radius 1 is 1.50 bits per heavy atom. The second-order valence-corrected chi connectivity index (χ2v) is 5.95. The van der Waals surface area contributed by atoms with Crippen LogP contribution < -0.4 is 15.5 Å². The first-order chi connectivity index (χ1) is 10.5. The maximum absolute atomic E-state index is 11.9. The molecule has 0 atom stereocenters. The first-order valence-corrected chi connectivity index (χ1v) is 7.78. The third-order valence-electron chi connectivity index (χ3n) is 3.03. The lowest BCUT2D eigenvalue weighted by Crippen LogP contribution is -2.26. The molecule has 2 aromatic rings. The van der Waals surface area contributed by atoms with Crippen LogP contribution in [0.25, 0.3) is 0 Å². The Morgan fingerprint density at radius 3 is 2.86 bits per heavy atom. The van der Waals surface area contributed by atoms with Crippen LogP contribution in [0.3, 0.4) is 0 Å². The minimum atomic E-state index is -0.430. The molecule has 0 aliphatic rings. The highest BCUT2D eigenvalue weighted by Gasteiger charge is 2.12. The summed E-state index contributed by atoms with van der Waals surface area (Å²) in [7, 11) is 1.37. The maximum Gasteiger partial charge on any atom is 0.287 e. The minimum Gasteiger partial charge on any atom is -0.490 e.